The second-order valence-corrected chi connectivity index (χ2v) is 6.11. The molecular formula is C17H28O3. The molecule has 20 heavy (non-hydrogen) atoms. The zero-order valence-corrected chi connectivity index (χ0v) is 13.1. The third-order valence-corrected chi connectivity index (χ3v) is 3.25. The molecule has 0 spiro atoms. The zero-order valence-electron chi connectivity index (χ0n) is 13.1. The van der Waals surface area contributed by atoms with Crippen molar-refractivity contribution in [3.05, 3.63) is 29.3 Å². The van der Waals surface area contributed by atoms with E-state index >= 15 is 0 Å². The summed E-state index contributed by atoms with van der Waals surface area (Å²) >= 11 is 0. The summed E-state index contributed by atoms with van der Waals surface area (Å²) in [4.78, 5) is 0. The molecule has 0 amide bonds. The number of ether oxygens (including phenoxy) is 1. The molecule has 0 aromatic heterocycles. The van der Waals surface area contributed by atoms with Gasteiger partial charge in [-0.1, -0.05) is 39.8 Å². The monoisotopic (exact) mass is 280 g/mol. The molecule has 0 aliphatic heterocycles. The second-order valence-electron chi connectivity index (χ2n) is 6.11. The Bertz CT molecular complexity index is 399. The van der Waals surface area contributed by atoms with Crippen LogP contribution in [0, 0.1) is 5.92 Å². The molecule has 2 N–H and O–H groups in total. The lowest BCUT2D eigenvalue weighted by Gasteiger charge is -2.17. The van der Waals surface area contributed by atoms with Gasteiger partial charge < -0.3 is 14.9 Å². The van der Waals surface area contributed by atoms with Crippen LogP contribution < -0.4 is 4.74 Å². The Morgan fingerprint density at radius 2 is 1.85 bits per heavy atom. The third-order valence-electron chi connectivity index (χ3n) is 3.25. The van der Waals surface area contributed by atoms with Crippen LogP contribution >= 0.6 is 0 Å². The molecule has 1 aromatic carbocycles. The largest absolute Gasteiger partial charge is 0.493 e. The first-order chi connectivity index (χ1) is 9.43. The van der Waals surface area contributed by atoms with E-state index in [1.165, 1.54) is 11.1 Å². The summed E-state index contributed by atoms with van der Waals surface area (Å²) in [7, 11) is 0. The van der Waals surface area contributed by atoms with E-state index in [-0.39, 0.29) is 6.61 Å². The van der Waals surface area contributed by atoms with Crippen LogP contribution in [-0.2, 0) is 6.42 Å². The van der Waals surface area contributed by atoms with E-state index in [2.05, 4.69) is 33.8 Å². The molecule has 0 aliphatic carbocycles. The van der Waals surface area contributed by atoms with Crippen LogP contribution in [0.2, 0.25) is 0 Å². The van der Waals surface area contributed by atoms with Crippen molar-refractivity contribution in [2.75, 3.05) is 13.2 Å². The molecule has 1 rings (SSSR count). The highest BCUT2D eigenvalue weighted by Crippen LogP contribution is 2.28. The van der Waals surface area contributed by atoms with E-state index in [0.29, 0.717) is 18.3 Å². The lowest BCUT2D eigenvalue weighted by molar-refractivity contribution is 0.0886. The van der Waals surface area contributed by atoms with Gasteiger partial charge in [0.1, 0.15) is 5.75 Å². The Hall–Kier alpha value is -1.06. The van der Waals surface area contributed by atoms with Gasteiger partial charge in [0.15, 0.2) is 0 Å². The molecule has 3 nitrogen and oxygen atoms in total. The predicted molar refractivity (Wildman–Crippen MR) is 82.3 cm³/mol. The van der Waals surface area contributed by atoms with Crippen molar-refractivity contribution in [1.82, 2.24) is 0 Å². The minimum atomic E-state index is -0.630. The number of aliphatic hydroxyl groups excluding tert-OH is 2. The smallest absolute Gasteiger partial charge is 0.122 e. The van der Waals surface area contributed by atoms with Gasteiger partial charge in [-0.05, 0) is 41.9 Å². The van der Waals surface area contributed by atoms with Gasteiger partial charge in [-0.25, -0.2) is 0 Å². The molecule has 114 valence electrons. The van der Waals surface area contributed by atoms with Crippen molar-refractivity contribution in [1.29, 1.82) is 0 Å². The first kappa shape index (κ1) is 17.0. The molecule has 0 heterocycles. The molecule has 1 aromatic rings. The fraction of sp³-hybridized carbons (Fsp3) is 0.647. The summed E-state index contributed by atoms with van der Waals surface area (Å²) in [6.07, 6.45) is 0.723. The van der Waals surface area contributed by atoms with Crippen LogP contribution in [0.3, 0.4) is 0 Å². The second kappa shape index (κ2) is 8.28. The summed E-state index contributed by atoms with van der Waals surface area (Å²) < 4.78 is 5.87. The quantitative estimate of drug-likeness (QED) is 0.769. The predicted octanol–water partition coefficient (Wildman–Crippen LogP) is 3.13. The highest BCUT2D eigenvalue weighted by Gasteiger charge is 2.11. The minimum absolute atomic E-state index is 0.174. The number of benzene rings is 1. The third kappa shape index (κ3) is 5.51. The van der Waals surface area contributed by atoms with E-state index in [1.807, 2.05) is 12.1 Å². The normalized spacial score (nSPS) is 13.0. The lowest BCUT2D eigenvalue weighted by Crippen LogP contribution is -2.13. The molecule has 1 unspecified atom stereocenters. The van der Waals surface area contributed by atoms with Crippen molar-refractivity contribution < 1.29 is 14.9 Å². The van der Waals surface area contributed by atoms with Crippen LogP contribution in [0.25, 0.3) is 0 Å². The molecule has 0 saturated carbocycles. The number of aliphatic hydroxyl groups is 2. The standard InChI is InChI=1S/C17H28O3/c1-12(2)11-20-17-8-6-14(5-7-15(19)10-18)9-16(17)13(3)4/h6,8-9,12-13,15,18-19H,5,7,10-11H2,1-4H3. The molecule has 0 radical (unpaired) electrons. The van der Waals surface area contributed by atoms with E-state index < -0.39 is 6.10 Å². The number of rotatable bonds is 8. The van der Waals surface area contributed by atoms with Crippen LogP contribution in [0.4, 0.5) is 0 Å². The Morgan fingerprint density at radius 1 is 1.15 bits per heavy atom. The summed E-state index contributed by atoms with van der Waals surface area (Å²) in [5, 5.41) is 18.3. The average Bonchev–Trinajstić information content (AvgIpc) is 2.42. The Morgan fingerprint density at radius 3 is 2.40 bits per heavy atom. The van der Waals surface area contributed by atoms with E-state index in [0.717, 1.165) is 18.8 Å². The maximum Gasteiger partial charge on any atom is 0.122 e. The maximum atomic E-state index is 9.42. The van der Waals surface area contributed by atoms with Gasteiger partial charge in [0.25, 0.3) is 0 Å². The Kier molecular flexibility index (Phi) is 7.03. The molecule has 0 saturated heterocycles. The van der Waals surface area contributed by atoms with Gasteiger partial charge in [0.05, 0.1) is 19.3 Å². The van der Waals surface area contributed by atoms with Crippen LogP contribution in [-0.4, -0.2) is 29.5 Å². The minimum Gasteiger partial charge on any atom is -0.493 e. The van der Waals surface area contributed by atoms with Crippen molar-refractivity contribution in [2.45, 2.75) is 52.6 Å². The fourth-order valence-electron chi connectivity index (χ4n) is 2.02. The molecule has 0 fully saturated rings. The summed E-state index contributed by atoms with van der Waals surface area (Å²) in [6, 6.07) is 6.23. The van der Waals surface area contributed by atoms with Gasteiger partial charge in [0.2, 0.25) is 0 Å². The van der Waals surface area contributed by atoms with Crippen molar-refractivity contribution in [2.24, 2.45) is 5.92 Å². The van der Waals surface area contributed by atoms with Crippen LogP contribution in [0.1, 0.15) is 51.2 Å². The Labute approximate surface area is 122 Å². The van der Waals surface area contributed by atoms with Gasteiger partial charge >= 0.3 is 0 Å². The molecular weight excluding hydrogens is 252 g/mol. The highest BCUT2D eigenvalue weighted by molar-refractivity contribution is 5.39. The summed E-state index contributed by atoms with van der Waals surface area (Å²) in [5.74, 6) is 1.87. The number of hydrogen-bond acceptors (Lipinski definition) is 3. The van der Waals surface area contributed by atoms with Crippen LogP contribution in [0.15, 0.2) is 18.2 Å². The Balaban J connectivity index is 2.78. The molecule has 0 bridgehead atoms. The lowest BCUT2D eigenvalue weighted by atomic mass is 9.97. The van der Waals surface area contributed by atoms with Gasteiger partial charge in [-0.15, -0.1) is 0 Å². The van der Waals surface area contributed by atoms with Gasteiger partial charge in [0, 0.05) is 0 Å². The van der Waals surface area contributed by atoms with E-state index in [9.17, 15) is 5.11 Å². The number of aryl methyl sites for hydroxylation is 1. The molecule has 1 atom stereocenters. The van der Waals surface area contributed by atoms with Crippen molar-refractivity contribution in [3.8, 4) is 5.75 Å². The van der Waals surface area contributed by atoms with Crippen LogP contribution in [0.5, 0.6) is 5.75 Å². The van der Waals surface area contributed by atoms with Gasteiger partial charge in [-0.2, -0.15) is 0 Å². The topological polar surface area (TPSA) is 49.7 Å². The first-order valence-corrected chi connectivity index (χ1v) is 7.48. The number of hydrogen-bond donors (Lipinski definition) is 2. The molecule has 0 aliphatic rings. The molecule has 3 heteroatoms. The van der Waals surface area contributed by atoms with Crippen molar-refractivity contribution in [3.63, 3.8) is 0 Å². The summed E-state index contributed by atoms with van der Waals surface area (Å²) in [5.41, 5.74) is 2.39. The summed E-state index contributed by atoms with van der Waals surface area (Å²) in [6.45, 7) is 9.14. The van der Waals surface area contributed by atoms with Gasteiger partial charge in [-0.3, -0.25) is 0 Å². The highest BCUT2D eigenvalue weighted by atomic mass is 16.5. The van der Waals surface area contributed by atoms with E-state index in [1.54, 1.807) is 0 Å². The SMILES string of the molecule is CC(C)COc1ccc(CCC(O)CO)cc1C(C)C. The maximum absolute atomic E-state index is 9.42. The first-order valence-electron chi connectivity index (χ1n) is 7.48. The van der Waals surface area contributed by atoms with Crippen molar-refractivity contribution >= 4 is 0 Å². The fourth-order valence-corrected chi connectivity index (χ4v) is 2.02. The average molecular weight is 280 g/mol. The zero-order chi connectivity index (χ0) is 15.1. The van der Waals surface area contributed by atoms with E-state index in [4.69, 9.17) is 9.84 Å².